The molecular formula is C19H19Cl2F2NO3. The second-order valence-electron chi connectivity index (χ2n) is 5.68. The Morgan fingerprint density at radius 3 is 2.63 bits per heavy atom. The Balaban J connectivity index is 1.83. The van der Waals surface area contributed by atoms with Gasteiger partial charge in [-0.2, -0.15) is 8.78 Å². The minimum atomic E-state index is -2.94. The molecule has 0 aliphatic rings. The maximum absolute atomic E-state index is 12.5. The topological polar surface area (TPSA) is 47.6 Å². The number of ether oxygens (including phenoxy) is 2. The number of alkyl halides is 2. The average Bonchev–Trinajstić information content (AvgIpc) is 2.63. The molecular weight excluding hydrogens is 399 g/mol. The Bertz CT molecular complexity index is 788. The summed E-state index contributed by atoms with van der Waals surface area (Å²) >= 11 is 12.0. The monoisotopic (exact) mass is 417 g/mol. The van der Waals surface area contributed by atoms with Crippen molar-refractivity contribution >= 4 is 29.1 Å². The lowest BCUT2D eigenvalue weighted by molar-refractivity contribution is -0.121. The molecule has 0 aromatic heterocycles. The lowest BCUT2D eigenvalue weighted by Gasteiger charge is -2.12. The molecule has 0 saturated heterocycles. The van der Waals surface area contributed by atoms with E-state index >= 15 is 0 Å². The number of rotatable bonds is 9. The molecule has 4 nitrogen and oxygen atoms in total. The second kappa shape index (κ2) is 10.3. The van der Waals surface area contributed by atoms with Crippen LogP contribution < -0.4 is 14.8 Å². The predicted octanol–water partition coefficient (Wildman–Crippen LogP) is 4.89. The number of benzene rings is 2. The van der Waals surface area contributed by atoms with E-state index in [1.54, 1.807) is 24.3 Å². The van der Waals surface area contributed by atoms with Crippen molar-refractivity contribution < 1.29 is 23.0 Å². The van der Waals surface area contributed by atoms with Crippen LogP contribution in [0.2, 0.25) is 10.0 Å². The molecule has 27 heavy (non-hydrogen) atoms. The highest BCUT2D eigenvalue weighted by molar-refractivity contribution is 6.42. The number of amides is 1. The van der Waals surface area contributed by atoms with Crippen LogP contribution in [0.5, 0.6) is 11.5 Å². The molecule has 0 heterocycles. The van der Waals surface area contributed by atoms with Gasteiger partial charge in [0.1, 0.15) is 0 Å². The van der Waals surface area contributed by atoms with Crippen molar-refractivity contribution in [1.29, 1.82) is 0 Å². The number of aryl methyl sites for hydroxylation is 1. The van der Waals surface area contributed by atoms with E-state index in [1.165, 1.54) is 13.2 Å². The minimum Gasteiger partial charge on any atom is -0.493 e. The van der Waals surface area contributed by atoms with Gasteiger partial charge in [-0.15, -0.1) is 0 Å². The summed E-state index contributed by atoms with van der Waals surface area (Å²) in [5.41, 5.74) is 1.55. The first-order chi connectivity index (χ1) is 12.9. The van der Waals surface area contributed by atoms with E-state index in [4.69, 9.17) is 27.9 Å². The summed E-state index contributed by atoms with van der Waals surface area (Å²) in [5, 5.41) is 3.70. The summed E-state index contributed by atoms with van der Waals surface area (Å²) in [5.74, 6) is 0.0528. The molecule has 1 amide bonds. The molecule has 8 heteroatoms. The van der Waals surface area contributed by atoms with E-state index in [9.17, 15) is 13.6 Å². The predicted molar refractivity (Wildman–Crippen MR) is 101 cm³/mol. The summed E-state index contributed by atoms with van der Waals surface area (Å²) in [7, 11) is 1.37. The molecule has 2 rings (SSSR count). The lowest BCUT2D eigenvalue weighted by Crippen LogP contribution is -2.25. The van der Waals surface area contributed by atoms with Gasteiger partial charge in [0.25, 0.3) is 0 Å². The summed E-state index contributed by atoms with van der Waals surface area (Å²) in [6.07, 6.45) is 1.20. The zero-order valence-electron chi connectivity index (χ0n) is 14.6. The van der Waals surface area contributed by atoms with E-state index < -0.39 is 6.61 Å². The van der Waals surface area contributed by atoms with E-state index in [0.717, 1.165) is 11.1 Å². The highest BCUT2D eigenvalue weighted by Gasteiger charge is 2.12. The van der Waals surface area contributed by atoms with Gasteiger partial charge in [0.15, 0.2) is 11.5 Å². The van der Waals surface area contributed by atoms with Crippen LogP contribution in [-0.4, -0.2) is 26.2 Å². The van der Waals surface area contributed by atoms with Crippen LogP contribution in [0.4, 0.5) is 8.78 Å². The number of carbonyl (C=O) groups is 1. The minimum absolute atomic E-state index is 0.0353. The van der Waals surface area contributed by atoms with Crippen LogP contribution in [0, 0.1) is 0 Å². The van der Waals surface area contributed by atoms with Crippen molar-refractivity contribution in [2.24, 2.45) is 0 Å². The molecule has 0 radical (unpaired) electrons. The van der Waals surface area contributed by atoms with Gasteiger partial charge < -0.3 is 14.8 Å². The molecule has 0 spiro atoms. The fraction of sp³-hybridized carbons (Fsp3) is 0.316. The first kappa shape index (κ1) is 21.3. The number of halogens is 4. The van der Waals surface area contributed by atoms with Crippen molar-refractivity contribution in [2.75, 3.05) is 13.7 Å². The molecule has 146 valence electrons. The van der Waals surface area contributed by atoms with Crippen LogP contribution in [0.15, 0.2) is 36.4 Å². The molecule has 1 N–H and O–H groups in total. The van der Waals surface area contributed by atoms with Crippen molar-refractivity contribution in [3.63, 3.8) is 0 Å². The maximum Gasteiger partial charge on any atom is 0.387 e. The van der Waals surface area contributed by atoms with E-state index in [0.29, 0.717) is 29.4 Å². The number of hydrogen-bond acceptors (Lipinski definition) is 3. The first-order valence-electron chi connectivity index (χ1n) is 8.22. The summed E-state index contributed by atoms with van der Waals surface area (Å²) in [6.45, 7) is -2.57. The zero-order chi connectivity index (χ0) is 19.8. The summed E-state index contributed by atoms with van der Waals surface area (Å²) in [6, 6.07) is 10.1. The Morgan fingerprint density at radius 1 is 1.15 bits per heavy atom. The van der Waals surface area contributed by atoms with E-state index in [2.05, 4.69) is 10.1 Å². The third-order valence-corrected chi connectivity index (χ3v) is 4.69. The SMILES string of the molecule is COc1ccc(CCNC(=O)CCc2cccc(Cl)c2Cl)cc1OC(F)F. The molecule has 2 aromatic rings. The van der Waals surface area contributed by atoms with E-state index in [1.807, 2.05) is 6.07 Å². The van der Waals surface area contributed by atoms with Crippen molar-refractivity contribution in [3.05, 3.63) is 57.6 Å². The number of methoxy groups -OCH3 is 1. The largest absolute Gasteiger partial charge is 0.493 e. The van der Waals surface area contributed by atoms with Crippen molar-refractivity contribution in [2.45, 2.75) is 25.9 Å². The van der Waals surface area contributed by atoms with Gasteiger partial charge in [0.05, 0.1) is 17.2 Å². The Morgan fingerprint density at radius 2 is 1.93 bits per heavy atom. The van der Waals surface area contributed by atoms with Crippen LogP contribution in [-0.2, 0) is 17.6 Å². The van der Waals surface area contributed by atoms with Gasteiger partial charge in [-0.3, -0.25) is 4.79 Å². The molecule has 0 aliphatic heterocycles. The van der Waals surface area contributed by atoms with Crippen LogP contribution in [0.1, 0.15) is 17.5 Å². The molecule has 2 aromatic carbocycles. The average molecular weight is 418 g/mol. The Hall–Kier alpha value is -2.05. The Kier molecular flexibility index (Phi) is 8.13. The van der Waals surface area contributed by atoms with Crippen molar-refractivity contribution in [3.8, 4) is 11.5 Å². The van der Waals surface area contributed by atoms with Gasteiger partial charge in [0, 0.05) is 13.0 Å². The standard InChI is InChI=1S/C19H19Cl2F2NO3/c1-26-15-7-5-12(11-16(15)27-19(22)23)9-10-24-17(25)8-6-13-3-2-4-14(20)18(13)21/h2-5,7,11,19H,6,8-10H2,1H3,(H,24,25). The van der Waals surface area contributed by atoms with Crippen LogP contribution in [0.25, 0.3) is 0 Å². The highest BCUT2D eigenvalue weighted by Crippen LogP contribution is 2.29. The van der Waals surface area contributed by atoms with Crippen LogP contribution >= 0.6 is 23.2 Å². The third kappa shape index (κ3) is 6.56. The normalized spacial score (nSPS) is 10.7. The second-order valence-corrected chi connectivity index (χ2v) is 6.46. The number of nitrogens with one attached hydrogen (secondary N) is 1. The summed E-state index contributed by atoms with van der Waals surface area (Å²) < 4.78 is 34.3. The quantitative estimate of drug-likeness (QED) is 0.631. The zero-order valence-corrected chi connectivity index (χ0v) is 16.1. The summed E-state index contributed by atoms with van der Waals surface area (Å²) in [4.78, 5) is 12.0. The van der Waals surface area contributed by atoms with Gasteiger partial charge in [-0.1, -0.05) is 41.4 Å². The molecule has 0 unspecified atom stereocenters. The molecule has 0 fully saturated rings. The fourth-order valence-corrected chi connectivity index (χ4v) is 2.90. The van der Waals surface area contributed by atoms with Gasteiger partial charge >= 0.3 is 6.61 Å². The van der Waals surface area contributed by atoms with Crippen molar-refractivity contribution in [1.82, 2.24) is 5.32 Å². The van der Waals surface area contributed by atoms with Gasteiger partial charge in [-0.25, -0.2) is 0 Å². The van der Waals surface area contributed by atoms with Gasteiger partial charge in [-0.05, 0) is 42.2 Å². The van der Waals surface area contributed by atoms with Crippen LogP contribution in [0.3, 0.4) is 0 Å². The van der Waals surface area contributed by atoms with Gasteiger partial charge in [0.2, 0.25) is 5.91 Å². The molecule has 0 atom stereocenters. The molecule has 0 saturated carbocycles. The molecule has 0 aliphatic carbocycles. The van der Waals surface area contributed by atoms with E-state index in [-0.39, 0.29) is 23.8 Å². The smallest absolute Gasteiger partial charge is 0.387 e. The number of hydrogen-bond donors (Lipinski definition) is 1. The Labute approximate surface area is 166 Å². The fourth-order valence-electron chi connectivity index (χ4n) is 2.49. The lowest BCUT2D eigenvalue weighted by atomic mass is 10.1. The third-order valence-electron chi connectivity index (χ3n) is 3.83. The number of carbonyl (C=O) groups excluding carboxylic acids is 1. The highest BCUT2D eigenvalue weighted by atomic mass is 35.5. The molecule has 0 bridgehead atoms. The maximum atomic E-state index is 12.5. The first-order valence-corrected chi connectivity index (χ1v) is 8.97.